The van der Waals surface area contributed by atoms with Gasteiger partial charge in [0.1, 0.15) is 0 Å². The first kappa shape index (κ1) is 22.6. The summed E-state index contributed by atoms with van der Waals surface area (Å²) in [6.45, 7) is 19.1. The Morgan fingerprint density at radius 3 is 1.67 bits per heavy atom. The quantitative estimate of drug-likeness (QED) is 0.778. The van der Waals surface area contributed by atoms with Gasteiger partial charge in [0.05, 0.1) is 13.2 Å². The number of hydrogen-bond donors (Lipinski definition) is 1. The molecule has 0 saturated carbocycles. The number of nitrogens with two attached hydrogens (primary N) is 1. The summed E-state index contributed by atoms with van der Waals surface area (Å²) in [6.07, 6.45) is 1.01. The van der Waals surface area contributed by atoms with E-state index < -0.39 is 0 Å². The minimum atomic E-state index is -0.327. The van der Waals surface area contributed by atoms with E-state index in [-0.39, 0.29) is 23.3 Å². The number of esters is 1. The normalized spacial score (nSPS) is 10.6. The fourth-order valence-electron chi connectivity index (χ4n) is 1.82. The van der Waals surface area contributed by atoms with Crippen molar-refractivity contribution in [1.29, 1.82) is 0 Å². The molecule has 3 heteroatoms. The number of carbonyl (C=O) groups excluding carboxylic acids is 1. The highest BCUT2D eigenvalue weighted by atomic mass is 16.5. The standard InChI is InChI=1S/C11H23NO2.2C2H6/c1-10(2,3)7-11(4,5)8-14-9(13)6-12;2*1-2/h6-8,12H2,1-5H3;2*1-2H3. The summed E-state index contributed by atoms with van der Waals surface area (Å²) in [5.41, 5.74) is 5.42. The summed E-state index contributed by atoms with van der Waals surface area (Å²) in [7, 11) is 0. The van der Waals surface area contributed by atoms with E-state index in [0.29, 0.717) is 6.61 Å². The monoisotopic (exact) mass is 261 g/mol. The van der Waals surface area contributed by atoms with E-state index in [1.54, 1.807) is 0 Å². The molecule has 0 radical (unpaired) electrons. The molecular weight excluding hydrogens is 226 g/mol. The van der Waals surface area contributed by atoms with Crippen molar-refractivity contribution in [2.45, 2.75) is 68.7 Å². The van der Waals surface area contributed by atoms with Crippen LogP contribution in [0.3, 0.4) is 0 Å². The van der Waals surface area contributed by atoms with E-state index in [1.165, 1.54) is 0 Å². The van der Waals surface area contributed by atoms with Crippen LogP contribution in [0.25, 0.3) is 0 Å². The molecule has 0 aliphatic rings. The molecule has 0 aromatic carbocycles. The van der Waals surface area contributed by atoms with Gasteiger partial charge in [-0.2, -0.15) is 0 Å². The maximum absolute atomic E-state index is 10.9. The molecule has 0 heterocycles. The minimum Gasteiger partial charge on any atom is -0.464 e. The Hall–Kier alpha value is -0.570. The van der Waals surface area contributed by atoms with Crippen molar-refractivity contribution in [3.8, 4) is 0 Å². The number of rotatable bonds is 4. The first-order valence-corrected chi connectivity index (χ1v) is 7.02. The van der Waals surface area contributed by atoms with Gasteiger partial charge in [-0.15, -0.1) is 0 Å². The van der Waals surface area contributed by atoms with Gasteiger partial charge in [0.25, 0.3) is 0 Å². The van der Waals surface area contributed by atoms with E-state index in [1.807, 2.05) is 27.7 Å². The predicted molar refractivity (Wildman–Crippen MR) is 80.6 cm³/mol. The average molecular weight is 261 g/mol. The van der Waals surface area contributed by atoms with Crippen molar-refractivity contribution in [3.05, 3.63) is 0 Å². The molecule has 0 aromatic rings. The van der Waals surface area contributed by atoms with Gasteiger partial charge >= 0.3 is 5.97 Å². The van der Waals surface area contributed by atoms with E-state index in [4.69, 9.17) is 10.5 Å². The molecule has 0 spiro atoms. The molecule has 0 rings (SSSR count). The fourth-order valence-corrected chi connectivity index (χ4v) is 1.82. The van der Waals surface area contributed by atoms with Crippen LogP contribution in [0.15, 0.2) is 0 Å². The number of ether oxygens (including phenoxy) is 1. The second-order valence-electron chi connectivity index (χ2n) is 5.77. The molecule has 0 aliphatic carbocycles. The molecule has 0 saturated heterocycles. The molecule has 18 heavy (non-hydrogen) atoms. The lowest BCUT2D eigenvalue weighted by Crippen LogP contribution is -2.29. The molecule has 0 atom stereocenters. The summed E-state index contributed by atoms with van der Waals surface area (Å²) >= 11 is 0. The van der Waals surface area contributed by atoms with Crippen molar-refractivity contribution in [2.24, 2.45) is 16.6 Å². The topological polar surface area (TPSA) is 52.3 Å². The highest BCUT2D eigenvalue weighted by Crippen LogP contribution is 2.33. The molecule has 0 bridgehead atoms. The van der Waals surface area contributed by atoms with Crippen molar-refractivity contribution in [1.82, 2.24) is 0 Å². The molecule has 0 aliphatic heterocycles. The zero-order chi connectivity index (χ0) is 15.4. The average Bonchev–Trinajstić information content (AvgIpc) is 2.28. The van der Waals surface area contributed by atoms with Gasteiger partial charge in [0.2, 0.25) is 0 Å². The first-order chi connectivity index (χ1) is 8.16. The van der Waals surface area contributed by atoms with Crippen molar-refractivity contribution >= 4 is 5.97 Å². The largest absolute Gasteiger partial charge is 0.464 e. The van der Waals surface area contributed by atoms with Gasteiger partial charge in [-0.3, -0.25) is 4.79 Å². The van der Waals surface area contributed by atoms with Crippen molar-refractivity contribution in [3.63, 3.8) is 0 Å². The van der Waals surface area contributed by atoms with Crippen LogP contribution >= 0.6 is 0 Å². The van der Waals surface area contributed by atoms with Gasteiger partial charge in [0, 0.05) is 0 Å². The van der Waals surface area contributed by atoms with E-state index in [9.17, 15) is 4.79 Å². The van der Waals surface area contributed by atoms with Crippen molar-refractivity contribution in [2.75, 3.05) is 13.2 Å². The maximum Gasteiger partial charge on any atom is 0.319 e. The highest BCUT2D eigenvalue weighted by molar-refractivity contribution is 5.71. The van der Waals surface area contributed by atoms with Gasteiger partial charge in [0.15, 0.2) is 0 Å². The Morgan fingerprint density at radius 2 is 1.39 bits per heavy atom. The Morgan fingerprint density at radius 1 is 1.00 bits per heavy atom. The van der Waals surface area contributed by atoms with Crippen molar-refractivity contribution < 1.29 is 9.53 Å². The van der Waals surface area contributed by atoms with E-state index in [2.05, 4.69) is 34.6 Å². The van der Waals surface area contributed by atoms with Crippen LogP contribution < -0.4 is 5.73 Å². The molecular formula is C15H35NO2. The third kappa shape index (κ3) is 17.8. The smallest absolute Gasteiger partial charge is 0.319 e. The Balaban J connectivity index is -0.000000506. The third-order valence-corrected chi connectivity index (χ3v) is 1.80. The lowest BCUT2D eigenvalue weighted by atomic mass is 9.77. The molecule has 3 nitrogen and oxygen atoms in total. The second-order valence-corrected chi connectivity index (χ2v) is 5.77. The molecule has 2 N–H and O–H groups in total. The van der Waals surface area contributed by atoms with E-state index in [0.717, 1.165) is 6.42 Å². The van der Waals surface area contributed by atoms with Crippen LogP contribution in [0.5, 0.6) is 0 Å². The lowest BCUT2D eigenvalue weighted by molar-refractivity contribution is -0.145. The van der Waals surface area contributed by atoms with Crippen LogP contribution in [0.4, 0.5) is 0 Å². The Labute approximate surface area is 114 Å². The minimum absolute atomic E-state index is 0.0169. The zero-order valence-electron chi connectivity index (χ0n) is 14.0. The summed E-state index contributed by atoms with van der Waals surface area (Å²) in [5.74, 6) is -0.327. The van der Waals surface area contributed by atoms with Crippen LogP contribution in [-0.4, -0.2) is 19.1 Å². The molecule has 0 unspecified atom stereocenters. The third-order valence-electron chi connectivity index (χ3n) is 1.80. The number of carbonyl (C=O) groups is 1. The summed E-state index contributed by atoms with van der Waals surface area (Å²) < 4.78 is 5.04. The summed E-state index contributed by atoms with van der Waals surface area (Å²) in [6, 6.07) is 0. The highest BCUT2D eigenvalue weighted by Gasteiger charge is 2.26. The second kappa shape index (κ2) is 11.5. The number of hydrogen-bond acceptors (Lipinski definition) is 3. The van der Waals surface area contributed by atoms with Gasteiger partial charge < -0.3 is 10.5 Å². The first-order valence-electron chi connectivity index (χ1n) is 7.02. The Kier molecular flexibility index (Phi) is 14.5. The summed E-state index contributed by atoms with van der Waals surface area (Å²) in [4.78, 5) is 10.9. The van der Waals surface area contributed by atoms with Gasteiger partial charge in [-0.05, 0) is 17.3 Å². The molecule has 0 aromatic heterocycles. The van der Waals surface area contributed by atoms with Gasteiger partial charge in [-0.1, -0.05) is 62.3 Å². The SMILES string of the molecule is CC.CC.CC(C)(C)CC(C)(C)COC(=O)CN. The lowest BCUT2D eigenvalue weighted by Gasteiger charge is -2.31. The van der Waals surface area contributed by atoms with E-state index >= 15 is 0 Å². The Bertz CT molecular complexity index is 193. The molecule has 0 amide bonds. The maximum atomic E-state index is 10.9. The van der Waals surface area contributed by atoms with Crippen LogP contribution in [0.2, 0.25) is 0 Å². The molecule has 112 valence electrons. The van der Waals surface area contributed by atoms with Crippen LogP contribution in [0.1, 0.15) is 68.7 Å². The van der Waals surface area contributed by atoms with Crippen LogP contribution in [-0.2, 0) is 9.53 Å². The van der Waals surface area contributed by atoms with Gasteiger partial charge in [-0.25, -0.2) is 0 Å². The summed E-state index contributed by atoms with van der Waals surface area (Å²) in [5, 5.41) is 0. The zero-order valence-corrected chi connectivity index (χ0v) is 14.0. The van der Waals surface area contributed by atoms with Crippen LogP contribution in [0, 0.1) is 10.8 Å². The molecule has 0 fully saturated rings. The fraction of sp³-hybridized carbons (Fsp3) is 0.933. The predicted octanol–water partition coefficient (Wildman–Crippen LogP) is 4.00.